The minimum Gasteiger partial charge on any atom is -0.465 e. The number of carbonyl (C=O) groups excluding carboxylic acids is 3. The SMILES string of the molecule is COC(=O)c1cc(NC(=O)c2ccccc2C(F)(F)F)cc2[nH]c(COC(C)=O)nc12. The number of anilines is 1. The summed E-state index contributed by atoms with van der Waals surface area (Å²) in [4.78, 5) is 42.7. The molecule has 0 saturated heterocycles. The van der Waals surface area contributed by atoms with E-state index in [1.807, 2.05) is 0 Å². The summed E-state index contributed by atoms with van der Waals surface area (Å²) in [5.74, 6) is -2.10. The average molecular weight is 435 g/mol. The van der Waals surface area contributed by atoms with Gasteiger partial charge in [-0.2, -0.15) is 13.2 Å². The number of imidazole rings is 1. The summed E-state index contributed by atoms with van der Waals surface area (Å²) in [6.07, 6.45) is -4.72. The van der Waals surface area contributed by atoms with Gasteiger partial charge in [0.1, 0.15) is 17.9 Å². The Morgan fingerprint density at radius 2 is 1.84 bits per heavy atom. The number of aromatic nitrogens is 2. The fraction of sp³-hybridized carbons (Fsp3) is 0.200. The first-order valence-corrected chi connectivity index (χ1v) is 8.82. The number of nitrogens with zero attached hydrogens (tertiary/aromatic N) is 1. The quantitative estimate of drug-likeness (QED) is 0.592. The molecule has 0 bridgehead atoms. The van der Waals surface area contributed by atoms with Crippen LogP contribution in [0.4, 0.5) is 18.9 Å². The molecule has 3 rings (SSSR count). The topological polar surface area (TPSA) is 110 Å². The molecule has 0 aliphatic carbocycles. The van der Waals surface area contributed by atoms with Crippen molar-refractivity contribution in [2.45, 2.75) is 19.7 Å². The second kappa shape index (κ2) is 8.46. The maximum absolute atomic E-state index is 13.2. The lowest BCUT2D eigenvalue weighted by Gasteiger charge is -2.13. The van der Waals surface area contributed by atoms with E-state index in [1.54, 1.807) is 0 Å². The van der Waals surface area contributed by atoms with Gasteiger partial charge in [0.25, 0.3) is 5.91 Å². The number of amides is 1. The summed E-state index contributed by atoms with van der Waals surface area (Å²) in [6.45, 7) is 1.03. The number of methoxy groups -OCH3 is 1. The van der Waals surface area contributed by atoms with Gasteiger partial charge >= 0.3 is 18.1 Å². The van der Waals surface area contributed by atoms with E-state index in [9.17, 15) is 27.6 Å². The van der Waals surface area contributed by atoms with Crippen molar-refractivity contribution in [2.75, 3.05) is 12.4 Å². The number of aromatic amines is 1. The minimum absolute atomic E-state index is 0.0373. The molecule has 1 heterocycles. The van der Waals surface area contributed by atoms with Gasteiger partial charge in [-0.25, -0.2) is 9.78 Å². The number of hydrogen-bond donors (Lipinski definition) is 2. The van der Waals surface area contributed by atoms with Crippen molar-refractivity contribution >= 4 is 34.6 Å². The summed E-state index contributed by atoms with van der Waals surface area (Å²) < 4.78 is 49.2. The minimum atomic E-state index is -4.72. The summed E-state index contributed by atoms with van der Waals surface area (Å²) in [7, 11) is 1.14. The lowest BCUT2D eigenvalue weighted by Crippen LogP contribution is -2.19. The van der Waals surface area contributed by atoms with Crippen molar-refractivity contribution in [3.05, 3.63) is 58.9 Å². The van der Waals surface area contributed by atoms with Crippen molar-refractivity contribution in [1.82, 2.24) is 9.97 Å². The third-order valence-electron chi connectivity index (χ3n) is 4.19. The Bertz CT molecular complexity index is 1170. The Hall–Kier alpha value is -3.89. The molecule has 8 nitrogen and oxygen atoms in total. The Balaban J connectivity index is 2.00. The maximum atomic E-state index is 13.2. The number of ether oxygens (including phenoxy) is 2. The predicted octanol–water partition coefficient (Wildman–Crippen LogP) is 3.68. The van der Waals surface area contributed by atoms with E-state index in [-0.39, 0.29) is 34.7 Å². The third-order valence-corrected chi connectivity index (χ3v) is 4.19. The number of benzene rings is 2. The normalized spacial score (nSPS) is 11.3. The largest absolute Gasteiger partial charge is 0.465 e. The van der Waals surface area contributed by atoms with Crippen LogP contribution >= 0.6 is 0 Å². The van der Waals surface area contributed by atoms with Gasteiger partial charge in [-0.15, -0.1) is 0 Å². The van der Waals surface area contributed by atoms with Crippen LogP contribution in [0.15, 0.2) is 36.4 Å². The number of H-pyrrole nitrogens is 1. The van der Waals surface area contributed by atoms with Gasteiger partial charge in [0.2, 0.25) is 0 Å². The number of hydrogen-bond acceptors (Lipinski definition) is 6. The zero-order chi connectivity index (χ0) is 22.8. The zero-order valence-corrected chi connectivity index (χ0v) is 16.3. The van der Waals surface area contributed by atoms with Gasteiger partial charge in [0.05, 0.1) is 29.3 Å². The molecule has 0 aliphatic rings. The molecule has 0 atom stereocenters. The molecule has 0 aliphatic heterocycles. The van der Waals surface area contributed by atoms with Crippen LogP contribution in [0.1, 0.15) is 39.0 Å². The second-order valence-corrected chi connectivity index (χ2v) is 6.37. The molecule has 11 heteroatoms. The van der Waals surface area contributed by atoms with Crippen molar-refractivity contribution in [2.24, 2.45) is 0 Å². The molecule has 0 radical (unpaired) electrons. The van der Waals surface area contributed by atoms with Crippen molar-refractivity contribution in [3.8, 4) is 0 Å². The number of alkyl halides is 3. The maximum Gasteiger partial charge on any atom is 0.417 e. The number of rotatable bonds is 5. The highest BCUT2D eigenvalue weighted by Crippen LogP contribution is 2.32. The van der Waals surface area contributed by atoms with Crippen LogP contribution in [0.3, 0.4) is 0 Å². The summed E-state index contributed by atoms with van der Waals surface area (Å²) in [5, 5.41) is 2.36. The average Bonchev–Trinajstić information content (AvgIpc) is 3.13. The number of esters is 2. The number of fused-ring (bicyclic) bond motifs is 1. The fourth-order valence-electron chi connectivity index (χ4n) is 2.87. The highest BCUT2D eigenvalue weighted by Gasteiger charge is 2.35. The molecular formula is C20H16F3N3O5. The molecule has 31 heavy (non-hydrogen) atoms. The third kappa shape index (κ3) is 4.82. The first kappa shape index (κ1) is 21.8. The first-order valence-electron chi connectivity index (χ1n) is 8.82. The predicted molar refractivity (Wildman–Crippen MR) is 102 cm³/mol. The molecular weight excluding hydrogens is 419 g/mol. The molecule has 0 unspecified atom stereocenters. The molecule has 0 saturated carbocycles. The van der Waals surface area contributed by atoms with Gasteiger partial charge in [0, 0.05) is 12.6 Å². The highest BCUT2D eigenvalue weighted by atomic mass is 19.4. The van der Waals surface area contributed by atoms with E-state index < -0.39 is 35.1 Å². The Morgan fingerprint density at radius 3 is 2.48 bits per heavy atom. The lowest BCUT2D eigenvalue weighted by atomic mass is 10.1. The van der Waals surface area contributed by atoms with Crippen LogP contribution in [-0.4, -0.2) is 34.9 Å². The molecule has 1 amide bonds. The van der Waals surface area contributed by atoms with Gasteiger partial charge in [-0.05, 0) is 24.3 Å². The smallest absolute Gasteiger partial charge is 0.417 e. The molecule has 1 aromatic heterocycles. The summed E-state index contributed by atoms with van der Waals surface area (Å²) in [6, 6.07) is 6.96. The van der Waals surface area contributed by atoms with Crippen LogP contribution in [0, 0.1) is 0 Å². The highest BCUT2D eigenvalue weighted by molar-refractivity contribution is 6.09. The van der Waals surface area contributed by atoms with E-state index in [0.717, 1.165) is 19.2 Å². The van der Waals surface area contributed by atoms with Crippen LogP contribution in [0.2, 0.25) is 0 Å². The fourth-order valence-corrected chi connectivity index (χ4v) is 2.87. The molecule has 0 spiro atoms. The Morgan fingerprint density at radius 1 is 1.13 bits per heavy atom. The zero-order valence-electron chi connectivity index (χ0n) is 16.3. The number of carbonyl (C=O) groups is 3. The molecule has 2 aromatic carbocycles. The van der Waals surface area contributed by atoms with E-state index in [0.29, 0.717) is 0 Å². The van der Waals surface area contributed by atoms with Gasteiger partial charge in [-0.3, -0.25) is 9.59 Å². The summed E-state index contributed by atoms with van der Waals surface area (Å²) in [5.41, 5.74) is -1.20. The molecule has 162 valence electrons. The van der Waals surface area contributed by atoms with E-state index >= 15 is 0 Å². The van der Waals surface area contributed by atoms with Crippen LogP contribution in [0.25, 0.3) is 11.0 Å². The second-order valence-electron chi connectivity index (χ2n) is 6.37. The van der Waals surface area contributed by atoms with E-state index in [1.165, 1.54) is 31.2 Å². The van der Waals surface area contributed by atoms with E-state index in [4.69, 9.17) is 9.47 Å². The van der Waals surface area contributed by atoms with Gasteiger partial charge in [-0.1, -0.05) is 12.1 Å². The molecule has 2 N–H and O–H groups in total. The van der Waals surface area contributed by atoms with Crippen LogP contribution in [0.5, 0.6) is 0 Å². The van der Waals surface area contributed by atoms with E-state index in [2.05, 4.69) is 15.3 Å². The Labute approximate surface area is 173 Å². The van der Waals surface area contributed by atoms with Crippen molar-refractivity contribution in [1.29, 1.82) is 0 Å². The van der Waals surface area contributed by atoms with Crippen LogP contribution < -0.4 is 5.32 Å². The lowest BCUT2D eigenvalue weighted by molar-refractivity contribution is -0.142. The Kier molecular flexibility index (Phi) is 5.95. The van der Waals surface area contributed by atoms with Crippen LogP contribution in [-0.2, 0) is 27.1 Å². The summed E-state index contributed by atoms with van der Waals surface area (Å²) >= 11 is 0. The van der Waals surface area contributed by atoms with Crippen molar-refractivity contribution < 1.29 is 37.0 Å². The van der Waals surface area contributed by atoms with Crippen molar-refractivity contribution in [3.63, 3.8) is 0 Å². The molecule has 3 aromatic rings. The van der Waals surface area contributed by atoms with Gasteiger partial charge < -0.3 is 19.8 Å². The first-order chi connectivity index (χ1) is 14.6. The number of halogens is 3. The standard InChI is InChI=1S/C20H16F3N3O5/c1-10(27)31-9-16-25-15-8-11(7-13(17(15)26-16)19(29)30-2)24-18(28)12-5-3-4-6-14(12)20(21,22)23/h3-8H,9H2,1-2H3,(H,24,28)(H,25,26). The van der Waals surface area contributed by atoms with Gasteiger partial charge in [0.15, 0.2) is 0 Å². The molecule has 0 fully saturated rings. The monoisotopic (exact) mass is 435 g/mol. The number of nitrogens with one attached hydrogen (secondary N) is 2.